The second-order valence-corrected chi connectivity index (χ2v) is 9.40. The Bertz CT molecular complexity index is 981. The van der Waals surface area contributed by atoms with Gasteiger partial charge in [-0.3, -0.25) is 0 Å². The Hall–Kier alpha value is -2.43. The van der Waals surface area contributed by atoms with Crippen LogP contribution in [0.5, 0.6) is 11.5 Å². The normalized spacial score (nSPS) is 10.3. The molecule has 0 atom stereocenters. The first-order valence-corrected chi connectivity index (χ1v) is 12.8. The van der Waals surface area contributed by atoms with E-state index in [1.807, 2.05) is 0 Å². The second-order valence-electron chi connectivity index (χ2n) is 6.63. The molecule has 0 saturated carbocycles. The van der Waals surface area contributed by atoms with Gasteiger partial charge in [0.15, 0.2) is 11.5 Å². The summed E-state index contributed by atoms with van der Waals surface area (Å²) in [6.45, 7) is 6.88. The monoisotopic (exact) mass is 610 g/mol. The summed E-state index contributed by atoms with van der Waals surface area (Å²) in [4.78, 5) is 24.0. The fraction of sp³-hybridized carbons (Fsp3) is 0.250. The molecule has 0 aliphatic rings. The fourth-order valence-electron chi connectivity index (χ4n) is 2.48. The molecule has 2 aromatic carbocycles. The summed E-state index contributed by atoms with van der Waals surface area (Å²) in [6.07, 6.45) is 1.18. The molecular weight excluding hydrogens is 590 g/mol. The van der Waals surface area contributed by atoms with Gasteiger partial charge in [-0.25, -0.2) is 9.59 Å². The second kappa shape index (κ2) is 16.4. The predicted molar refractivity (Wildman–Crippen MR) is 143 cm³/mol. The summed E-state index contributed by atoms with van der Waals surface area (Å²) in [6, 6.07) is 6.62. The molecule has 0 N–H and O–H groups in total. The van der Waals surface area contributed by atoms with E-state index in [4.69, 9.17) is 74.8 Å². The summed E-state index contributed by atoms with van der Waals surface area (Å²) in [5, 5.41) is 1.03. The van der Waals surface area contributed by atoms with Crippen molar-refractivity contribution in [2.24, 2.45) is 0 Å². The van der Waals surface area contributed by atoms with E-state index < -0.39 is 12.3 Å². The van der Waals surface area contributed by atoms with Crippen LogP contribution in [0.15, 0.2) is 59.4 Å². The van der Waals surface area contributed by atoms with Crippen LogP contribution in [0.1, 0.15) is 0 Å². The van der Waals surface area contributed by atoms with E-state index in [-0.39, 0.29) is 71.2 Å². The topological polar surface area (TPSA) is 89.5 Å². The Morgan fingerprint density at radius 1 is 0.649 bits per heavy atom. The van der Waals surface area contributed by atoms with Crippen molar-refractivity contribution < 1.29 is 38.0 Å². The van der Waals surface area contributed by atoms with Crippen molar-refractivity contribution in [1.82, 2.24) is 0 Å². The minimum atomic E-state index is -0.835. The van der Waals surface area contributed by atoms with Gasteiger partial charge in [-0.2, -0.15) is 0 Å². The summed E-state index contributed by atoms with van der Waals surface area (Å²) in [5.41, 5.74) is 0. The Morgan fingerprint density at radius 3 is 1.32 bits per heavy atom. The number of hydrogen-bond acceptors (Lipinski definition) is 9. The van der Waals surface area contributed by atoms with Crippen LogP contribution in [-0.2, 0) is 18.9 Å². The molecule has 0 unspecified atom stereocenters. The zero-order valence-electron chi connectivity index (χ0n) is 19.3. The van der Waals surface area contributed by atoms with E-state index in [9.17, 15) is 9.59 Å². The number of carbonyl (C=O) groups excluding carboxylic acids is 2. The van der Waals surface area contributed by atoms with Gasteiger partial charge < -0.3 is 28.4 Å². The van der Waals surface area contributed by atoms with E-state index in [0.29, 0.717) is 9.79 Å². The molecule has 0 fully saturated rings. The first kappa shape index (κ1) is 30.8. The van der Waals surface area contributed by atoms with E-state index >= 15 is 0 Å². The fourth-order valence-corrected chi connectivity index (χ4v) is 4.91. The quantitative estimate of drug-likeness (QED) is 0.120. The molecule has 0 amide bonds. The van der Waals surface area contributed by atoms with Crippen LogP contribution in [0.25, 0.3) is 0 Å². The minimum absolute atomic E-state index is 0.0167. The maximum Gasteiger partial charge on any atom is 0.508 e. The number of ether oxygens (including phenoxy) is 6. The number of rotatable bonds is 14. The minimum Gasteiger partial charge on any atom is -0.487 e. The Kier molecular flexibility index (Phi) is 13.7. The molecule has 0 saturated heterocycles. The molecule has 0 spiro atoms. The summed E-state index contributed by atoms with van der Waals surface area (Å²) in [5.74, 6) is 0.484. The molecule has 0 aliphatic carbocycles. The number of benzene rings is 2. The van der Waals surface area contributed by atoms with Crippen molar-refractivity contribution in [3.05, 3.63) is 69.7 Å². The Labute approximate surface area is 238 Å². The average Bonchev–Trinajstić information content (AvgIpc) is 2.84. The summed E-state index contributed by atoms with van der Waals surface area (Å²) in [7, 11) is 0. The van der Waals surface area contributed by atoms with Crippen LogP contribution in [0.3, 0.4) is 0 Å². The van der Waals surface area contributed by atoms with Crippen LogP contribution in [0.2, 0.25) is 20.1 Å². The van der Waals surface area contributed by atoms with Gasteiger partial charge in [0, 0.05) is 9.79 Å². The molecule has 200 valence electrons. The lowest BCUT2D eigenvalue weighted by atomic mass is 10.3. The van der Waals surface area contributed by atoms with Crippen molar-refractivity contribution >= 4 is 70.5 Å². The van der Waals surface area contributed by atoms with Gasteiger partial charge in [-0.05, 0) is 24.3 Å². The summed E-state index contributed by atoms with van der Waals surface area (Å²) >= 11 is 26.6. The van der Waals surface area contributed by atoms with Gasteiger partial charge in [0.2, 0.25) is 0 Å². The maximum atomic E-state index is 11.3. The van der Waals surface area contributed by atoms with E-state index in [1.165, 1.54) is 23.9 Å². The third kappa shape index (κ3) is 10.8. The lowest BCUT2D eigenvalue weighted by molar-refractivity contribution is 0.0526. The molecule has 0 heterocycles. The molecule has 13 heteroatoms. The number of halogens is 4. The van der Waals surface area contributed by atoms with Gasteiger partial charge in [-0.1, -0.05) is 83.5 Å². The molecule has 2 rings (SSSR count). The Morgan fingerprint density at radius 2 is 1.00 bits per heavy atom. The zero-order valence-corrected chi connectivity index (χ0v) is 23.1. The predicted octanol–water partition coefficient (Wildman–Crippen LogP) is 7.89. The molecule has 0 aliphatic heterocycles. The highest BCUT2D eigenvalue weighted by atomic mass is 35.5. The smallest absolute Gasteiger partial charge is 0.487 e. The SMILES string of the molecule is C=CCOC(=O)OCCOc1c(Cl)cc(Sc2cc(Cl)c(OCCOC(=O)OCC=C)c(Cl)c2)cc1Cl. The largest absolute Gasteiger partial charge is 0.508 e. The zero-order chi connectivity index (χ0) is 27.2. The lowest BCUT2D eigenvalue weighted by Gasteiger charge is -2.13. The summed E-state index contributed by atoms with van der Waals surface area (Å²) < 4.78 is 30.1. The van der Waals surface area contributed by atoms with E-state index in [1.54, 1.807) is 24.3 Å². The molecule has 8 nitrogen and oxygen atoms in total. The molecular formula is C24H22Cl4O8S. The Balaban J connectivity index is 1.92. The first-order chi connectivity index (χ1) is 17.7. The standard InChI is InChI=1S/C24H22Cl4O8S/c1-3-5-33-23(29)35-9-7-31-21-17(25)11-15(12-18(21)26)37-16-13-19(27)22(20(28)14-16)32-8-10-36-24(30)34-6-4-2/h3-4,11-14H,1-2,5-10H2. The van der Waals surface area contributed by atoms with Crippen molar-refractivity contribution in [2.45, 2.75) is 9.79 Å². The van der Waals surface area contributed by atoms with Gasteiger partial charge in [0.1, 0.15) is 39.6 Å². The van der Waals surface area contributed by atoms with Crippen LogP contribution in [0, 0.1) is 0 Å². The highest BCUT2D eigenvalue weighted by Gasteiger charge is 2.15. The van der Waals surface area contributed by atoms with Crippen LogP contribution < -0.4 is 9.47 Å². The lowest BCUT2D eigenvalue weighted by Crippen LogP contribution is -2.13. The van der Waals surface area contributed by atoms with E-state index in [0.717, 1.165) is 0 Å². The highest BCUT2D eigenvalue weighted by Crippen LogP contribution is 2.42. The maximum absolute atomic E-state index is 11.3. The van der Waals surface area contributed by atoms with Crippen molar-refractivity contribution in [2.75, 3.05) is 39.6 Å². The number of hydrogen-bond donors (Lipinski definition) is 0. The average molecular weight is 612 g/mol. The third-order valence-electron chi connectivity index (χ3n) is 3.92. The van der Waals surface area contributed by atoms with Crippen LogP contribution >= 0.6 is 58.2 Å². The molecule has 37 heavy (non-hydrogen) atoms. The van der Waals surface area contributed by atoms with Gasteiger partial charge in [0.05, 0.1) is 20.1 Å². The van der Waals surface area contributed by atoms with Crippen LogP contribution in [0.4, 0.5) is 9.59 Å². The highest BCUT2D eigenvalue weighted by molar-refractivity contribution is 7.99. The van der Waals surface area contributed by atoms with Gasteiger partial charge in [-0.15, -0.1) is 0 Å². The molecule has 0 radical (unpaired) electrons. The van der Waals surface area contributed by atoms with Crippen molar-refractivity contribution in [1.29, 1.82) is 0 Å². The molecule has 2 aromatic rings. The molecule has 0 aromatic heterocycles. The van der Waals surface area contributed by atoms with Crippen LogP contribution in [-0.4, -0.2) is 52.0 Å². The van der Waals surface area contributed by atoms with Gasteiger partial charge >= 0.3 is 12.3 Å². The van der Waals surface area contributed by atoms with Crippen molar-refractivity contribution in [3.8, 4) is 11.5 Å². The van der Waals surface area contributed by atoms with Gasteiger partial charge in [0.25, 0.3) is 0 Å². The van der Waals surface area contributed by atoms with Crippen molar-refractivity contribution in [3.63, 3.8) is 0 Å². The van der Waals surface area contributed by atoms with E-state index in [2.05, 4.69) is 13.2 Å². The molecule has 0 bridgehead atoms. The number of carbonyl (C=O) groups is 2. The first-order valence-electron chi connectivity index (χ1n) is 10.5. The third-order valence-corrected chi connectivity index (χ3v) is 5.98.